The molecule has 0 radical (unpaired) electrons. The van der Waals surface area contributed by atoms with E-state index >= 15 is 0 Å². The predicted molar refractivity (Wildman–Crippen MR) is 81.1 cm³/mol. The molecule has 1 aliphatic rings. The molecule has 3 atom stereocenters. The number of carbonyl (C=O) groups is 2. The molecule has 1 saturated heterocycles. The Morgan fingerprint density at radius 2 is 2.14 bits per heavy atom. The standard InChI is InChI=1S/C16H22N2O4/c1-22-16(21)14(19)13(10-11-6-3-2-4-7-11)18-15(20)12-8-5-9-17-12/h2-4,6-7,12-14,17,19H,5,8-10H2,1H3,(H,18,20)/t12-,13-,14+/m0/s1. The van der Waals surface area contributed by atoms with Gasteiger partial charge >= 0.3 is 5.97 Å². The van der Waals surface area contributed by atoms with Crippen LogP contribution < -0.4 is 10.6 Å². The average molecular weight is 306 g/mol. The summed E-state index contributed by atoms with van der Waals surface area (Å²) in [6.07, 6.45) is 0.671. The summed E-state index contributed by atoms with van der Waals surface area (Å²) in [5.74, 6) is -0.943. The van der Waals surface area contributed by atoms with Gasteiger partial charge in [-0.1, -0.05) is 30.3 Å². The SMILES string of the molecule is COC(=O)[C@H](O)[C@H](Cc1ccccc1)NC(=O)[C@@H]1CCCN1. The summed E-state index contributed by atoms with van der Waals surface area (Å²) < 4.78 is 4.58. The molecular formula is C16H22N2O4. The van der Waals surface area contributed by atoms with Crippen molar-refractivity contribution in [3.8, 4) is 0 Å². The molecule has 0 aromatic heterocycles. The Balaban J connectivity index is 2.06. The minimum atomic E-state index is -1.39. The van der Waals surface area contributed by atoms with E-state index in [1.165, 1.54) is 7.11 Å². The number of aliphatic hydroxyl groups excluding tert-OH is 1. The molecule has 1 heterocycles. The van der Waals surface area contributed by atoms with E-state index in [1.54, 1.807) is 0 Å². The smallest absolute Gasteiger partial charge is 0.336 e. The second-order valence-corrected chi connectivity index (χ2v) is 5.42. The van der Waals surface area contributed by atoms with Crippen LogP contribution in [0.4, 0.5) is 0 Å². The third-order valence-electron chi connectivity index (χ3n) is 3.83. The van der Waals surface area contributed by atoms with E-state index in [0.717, 1.165) is 24.9 Å². The number of aliphatic hydroxyl groups is 1. The van der Waals surface area contributed by atoms with Crippen molar-refractivity contribution in [3.63, 3.8) is 0 Å². The van der Waals surface area contributed by atoms with E-state index in [9.17, 15) is 14.7 Å². The maximum atomic E-state index is 12.2. The van der Waals surface area contributed by atoms with Crippen molar-refractivity contribution in [3.05, 3.63) is 35.9 Å². The topological polar surface area (TPSA) is 87.7 Å². The van der Waals surface area contributed by atoms with Crippen LogP contribution in [-0.2, 0) is 20.7 Å². The highest BCUT2D eigenvalue weighted by Gasteiger charge is 2.31. The van der Waals surface area contributed by atoms with Gasteiger partial charge in [0, 0.05) is 0 Å². The zero-order chi connectivity index (χ0) is 15.9. The monoisotopic (exact) mass is 306 g/mol. The number of nitrogens with one attached hydrogen (secondary N) is 2. The second kappa shape index (κ2) is 7.91. The van der Waals surface area contributed by atoms with Gasteiger partial charge in [-0.15, -0.1) is 0 Å². The second-order valence-electron chi connectivity index (χ2n) is 5.42. The number of rotatable bonds is 6. The first-order valence-electron chi connectivity index (χ1n) is 7.45. The third kappa shape index (κ3) is 4.29. The molecule has 0 saturated carbocycles. The van der Waals surface area contributed by atoms with E-state index in [-0.39, 0.29) is 11.9 Å². The Labute approximate surface area is 129 Å². The Kier molecular flexibility index (Phi) is 5.91. The van der Waals surface area contributed by atoms with Gasteiger partial charge in [0.25, 0.3) is 0 Å². The Morgan fingerprint density at radius 1 is 1.41 bits per heavy atom. The molecule has 6 nitrogen and oxygen atoms in total. The number of hydrogen-bond donors (Lipinski definition) is 3. The maximum absolute atomic E-state index is 12.2. The summed E-state index contributed by atoms with van der Waals surface area (Å²) in [6.45, 7) is 0.807. The lowest BCUT2D eigenvalue weighted by Gasteiger charge is -2.24. The quantitative estimate of drug-likeness (QED) is 0.644. The predicted octanol–water partition coefficient (Wildman–Crippen LogP) is -0.000200. The van der Waals surface area contributed by atoms with Gasteiger partial charge in [-0.2, -0.15) is 0 Å². The molecule has 1 fully saturated rings. The van der Waals surface area contributed by atoms with Gasteiger partial charge < -0.3 is 20.5 Å². The van der Waals surface area contributed by atoms with E-state index in [0.29, 0.717) is 6.42 Å². The van der Waals surface area contributed by atoms with Crippen molar-refractivity contribution in [2.45, 2.75) is 37.5 Å². The zero-order valence-corrected chi connectivity index (χ0v) is 12.6. The number of esters is 1. The van der Waals surface area contributed by atoms with Crippen molar-refractivity contribution in [1.29, 1.82) is 0 Å². The van der Waals surface area contributed by atoms with Gasteiger partial charge in [-0.25, -0.2) is 4.79 Å². The number of ether oxygens (including phenoxy) is 1. The first-order chi connectivity index (χ1) is 10.6. The maximum Gasteiger partial charge on any atom is 0.336 e. The summed E-state index contributed by atoms with van der Waals surface area (Å²) in [5.41, 5.74) is 0.926. The van der Waals surface area contributed by atoms with E-state index in [4.69, 9.17) is 0 Å². The zero-order valence-electron chi connectivity index (χ0n) is 12.6. The molecule has 6 heteroatoms. The molecule has 3 N–H and O–H groups in total. The Bertz CT molecular complexity index is 500. The van der Waals surface area contributed by atoms with Gasteiger partial charge in [0.1, 0.15) is 0 Å². The Morgan fingerprint density at radius 3 is 2.73 bits per heavy atom. The van der Waals surface area contributed by atoms with Gasteiger partial charge in [-0.3, -0.25) is 4.79 Å². The molecule has 22 heavy (non-hydrogen) atoms. The fraction of sp³-hybridized carbons (Fsp3) is 0.500. The van der Waals surface area contributed by atoms with Crippen LogP contribution in [0.2, 0.25) is 0 Å². The molecule has 0 unspecified atom stereocenters. The molecule has 1 amide bonds. The van der Waals surface area contributed by atoms with Crippen molar-refractivity contribution < 1.29 is 19.4 Å². The van der Waals surface area contributed by atoms with Crippen LogP contribution in [0.3, 0.4) is 0 Å². The highest BCUT2D eigenvalue weighted by atomic mass is 16.5. The van der Waals surface area contributed by atoms with Crippen molar-refractivity contribution in [2.24, 2.45) is 0 Å². The molecule has 120 valence electrons. The summed E-state index contributed by atoms with van der Waals surface area (Å²) in [6, 6.07) is 8.42. The first kappa shape index (κ1) is 16.5. The van der Waals surface area contributed by atoms with Gasteiger partial charge in [0.05, 0.1) is 19.2 Å². The molecule has 2 rings (SSSR count). The summed E-state index contributed by atoms with van der Waals surface area (Å²) in [4.78, 5) is 23.8. The lowest BCUT2D eigenvalue weighted by Crippen LogP contribution is -2.52. The summed E-state index contributed by atoms with van der Waals surface area (Å²) in [5, 5.41) is 16.0. The summed E-state index contributed by atoms with van der Waals surface area (Å²) >= 11 is 0. The largest absolute Gasteiger partial charge is 0.467 e. The lowest BCUT2D eigenvalue weighted by molar-refractivity contribution is -0.152. The number of hydrogen-bond acceptors (Lipinski definition) is 5. The number of methoxy groups -OCH3 is 1. The van der Waals surface area contributed by atoms with Crippen LogP contribution in [-0.4, -0.2) is 48.8 Å². The van der Waals surface area contributed by atoms with Gasteiger partial charge in [0.2, 0.25) is 5.91 Å². The van der Waals surface area contributed by atoms with Crippen LogP contribution in [0.1, 0.15) is 18.4 Å². The Hall–Kier alpha value is -1.92. The molecule has 0 aliphatic carbocycles. The average Bonchev–Trinajstić information content (AvgIpc) is 3.08. The molecule has 0 bridgehead atoms. The molecule has 1 aliphatic heterocycles. The van der Waals surface area contributed by atoms with E-state index in [1.807, 2.05) is 30.3 Å². The number of benzene rings is 1. The van der Waals surface area contributed by atoms with E-state index < -0.39 is 18.1 Å². The van der Waals surface area contributed by atoms with Crippen molar-refractivity contribution in [2.75, 3.05) is 13.7 Å². The fourth-order valence-electron chi connectivity index (χ4n) is 2.59. The number of amides is 1. The highest BCUT2D eigenvalue weighted by molar-refractivity contribution is 5.83. The van der Waals surface area contributed by atoms with Crippen molar-refractivity contribution in [1.82, 2.24) is 10.6 Å². The van der Waals surface area contributed by atoms with Crippen LogP contribution in [0.15, 0.2) is 30.3 Å². The third-order valence-corrected chi connectivity index (χ3v) is 3.83. The number of carbonyl (C=O) groups excluding carboxylic acids is 2. The first-order valence-corrected chi connectivity index (χ1v) is 7.45. The molecule has 1 aromatic carbocycles. The van der Waals surface area contributed by atoms with E-state index in [2.05, 4.69) is 15.4 Å². The van der Waals surface area contributed by atoms with Crippen molar-refractivity contribution >= 4 is 11.9 Å². The molecule has 1 aromatic rings. The summed E-state index contributed by atoms with van der Waals surface area (Å²) in [7, 11) is 1.21. The van der Waals surface area contributed by atoms with Gasteiger partial charge in [-0.05, 0) is 31.4 Å². The highest BCUT2D eigenvalue weighted by Crippen LogP contribution is 2.10. The van der Waals surface area contributed by atoms with Crippen LogP contribution in [0.5, 0.6) is 0 Å². The molecular weight excluding hydrogens is 284 g/mol. The normalized spacial score (nSPS) is 20.2. The fourth-order valence-corrected chi connectivity index (χ4v) is 2.59. The van der Waals surface area contributed by atoms with Gasteiger partial charge in [0.15, 0.2) is 6.10 Å². The van der Waals surface area contributed by atoms with Crippen LogP contribution in [0, 0.1) is 0 Å². The van der Waals surface area contributed by atoms with Crippen LogP contribution in [0.25, 0.3) is 0 Å². The molecule has 0 spiro atoms. The van der Waals surface area contributed by atoms with Crippen LogP contribution >= 0.6 is 0 Å². The lowest BCUT2D eigenvalue weighted by atomic mass is 10.0. The minimum absolute atomic E-state index is 0.193. The minimum Gasteiger partial charge on any atom is -0.467 e.